The summed E-state index contributed by atoms with van der Waals surface area (Å²) >= 11 is 0. The van der Waals surface area contributed by atoms with Crippen molar-refractivity contribution in [1.82, 2.24) is 0 Å². The van der Waals surface area contributed by atoms with Gasteiger partial charge in [-0.05, 0) is 31.2 Å². The summed E-state index contributed by atoms with van der Waals surface area (Å²) in [5.41, 5.74) is 1.04. The van der Waals surface area contributed by atoms with Crippen molar-refractivity contribution in [3.8, 4) is 0 Å². The standard InChI is InChI=1S/C24H37NO4.C17H34O2/c1-29-24(26)20-15-13-11-9-7-5-3-2-4-6-8-10-12-14-17-22-18-16-19-23(21-22)25(27)28;1-2-3-4-5-6-7-8-9-10-11-12-13-14-15-16-17(18)19/h14,16-19,21H,2-13,15,20H2,1H3;2-16H2,1H3,(H,18,19). The summed E-state index contributed by atoms with van der Waals surface area (Å²) in [7, 11) is 1.45. The van der Waals surface area contributed by atoms with Crippen LogP contribution in [0.1, 0.15) is 199 Å². The number of nitro benzene ring substituents is 1. The van der Waals surface area contributed by atoms with Gasteiger partial charge in [0.25, 0.3) is 5.69 Å². The Balaban J connectivity index is 0.00000101. The molecule has 1 aromatic carbocycles. The number of benzene rings is 1. The summed E-state index contributed by atoms with van der Waals surface area (Å²) in [6.45, 7) is 2.27. The normalized spacial score (nSPS) is 11.0. The summed E-state index contributed by atoms with van der Waals surface area (Å²) < 4.78 is 4.64. The predicted octanol–water partition coefficient (Wildman–Crippen LogP) is 13.2. The Bertz CT molecular complexity index is 931. The summed E-state index contributed by atoms with van der Waals surface area (Å²) in [6, 6.07) is 6.75. The molecule has 0 heterocycles. The first kappa shape index (κ1) is 45.3. The van der Waals surface area contributed by atoms with E-state index in [1.807, 2.05) is 12.1 Å². The van der Waals surface area contributed by atoms with Gasteiger partial charge in [-0.25, -0.2) is 0 Å². The third-order valence-electron chi connectivity index (χ3n) is 8.86. The van der Waals surface area contributed by atoms with Gasteiger partial charge in [0, 0.05) is 25.0 Å². The number of hydrogen-bond donors (Lipinski definition) is 1. The third kappa shape index (κ3) is 33.2. The molecule has 7 heteroatoms. The molecule has 1 N–H and O–H groups in total. The van der Waals surface area contributed by atoms with E-state index in [0.29, 0.717) is 12.8 Å². The molecule has 276 valence electrons. The molecule has 1 aromatic rings. The summed E-state index contributed by atoms with van der Waals surface area (Å²) in [5.74, 6) is -0.748. The number of unbranched alkanes of at least 4 members (excludes halogenated alkanes) is 25. The Morgan fingerprint density at radius 1 is 0.667 bits per heavy atom. The Kier molecular flexibility index (Phi) is 33.6. The molecule has 0 aliphatic carbocycles. The molecule has 0 atom stereocenters. The van der Waals surface area contributed by atoms with Crippen molar-refractivity contribution in [2.24, 2.45) is 0 Å². The molecule has 1 rings (SSSR count). The van der Waals surface area contributed by atoms with E-state index in [4.69, 9.17) is 5.11 Å². The van der Waals surface area contributed by atoms with Crippen molar-refractivity contribution >= 4 is 23.7 Å². The van der Waals surface area contributed by atoms with Crippen molar-refractivity contribution < 1.29 is 24.4 Å². The van der Waals surface area contributed by atoms with Crippen LogP contribution in [0, 0.1) is 10.1 Å². The van der Waals surface area contributed by atoms with E-state index < -0.39 is 5.97 Å². The molecule has 0 amide bonds. The van der Waals surface area contributed by atoms with Crippen molar-refractivity contribution in [2.45, 2.75) is 193 Å². The highest BCUT2D eigenvalue weighted by Crippen LogP contribution is 2.17. The second-order valence-electron chi connectivity index (χ2n) is 13.4. The number of esters is 1. The van der Waals surface area contributed by atoms with Crippen LogP contribution >= 0.6 is 0 Å². The zero-order valence-corrected chi connectivity index (χ0v) is 30.9. The number of hydrogen-bond acceptors (Lipinski definition) is 5. The number of carboxylic acids is 1. The van der Waals surface area contributed by atoms with Crippen molar-refractivity contribution in [3.05, 3.63) is 46.0 Å². The van der Waals surface area contributed by atoms with Gasteiger partial charge in [0.2, 0.25) is 0 Å². The van der Waals surface area contributed by atoms with Crippen LogP contribution in [-0.2, 0) is 14.3 Å². The third-order valence-corrected chi connectivity index (χ3v) is 8.86. The van der Waals surface area contributed by atoms with Gasteiger partial charge in [-0.3, -0.25) is 19.7 Å². The molecule has 0 aliphatic heterocycles. The molecule has 0 aromatic heterocycles. The Morgan fingerprint density at radius 2 is 1.08 bits per heavy atom. The molecule has 0 saturated heterocycles. The van der Waals surface area contributed by atoms with E-state index in [1.54, 1.807) is 12.1 Å². The predicted molar refractivity (Wildman–Crippen MR) is 201 cm³/mol. The molecule has 0 spiro atoms. The van der Waals surface area contributed by atoms with Gasteiger partial charge in [-0.2, -0.15) is 0 Å². The number of nitro groups is 1. The molecule has 0 radical (unpaired) electrons. The molecule has 7 nitrogen and oxygen atoms in total. The van der Waals surface area contributed by atoms with E-state index in [0.717, 1.165) is 37.7 Å². The van der Waals surface area contributed by atoms with E-state index in [9.17, 15) is 19.7 Å². The lowest BCUT2D eigenvalue weighted by Crippen LogP contribution is -1.99. The average Bonchev–Trinajstić information content (AvgIpc) is 3.08. The topological polar surface area (TPSA) is 107 Å². The lowest BCUT2D eigenvalue weighted by molar-refractivity contribution is -0.384. The maximum atomic E-state index is 11.0. The largest absolute Gasteiger partial charge is 0.481 e. The molecule has 0 aliphatic rings. The second kappa shape index (κ2) is 35.6. The number of carbonyl (C=O) groups is 2. The highest BCUT2D eigenvalue weighted by molar-refractivity contribution is 5.69. The Labute approximate surface area is 293 Å². The fourth-order valence-electron chi connectivity index (χ4n) is 5.83. The number of allylic oxidation sites excluding steroid dienone is 1. The highest BCUT2D eigenvalue weighted by atomic mass is 16.6. The number of ether oxygens (including phenoxy) is 1. The number of rotatable bonds is 32. The fraction of sp³-hybridized carbons (Fsp3) is 0.756. The van der Waals surface area contributed by atoms with Gasteiger partial charge in [0.05, 0.1) is 12.0 Å². The van der Waals surface area contributed by atoms with E-state index in [2.05, 4.69) is 17.7 Å². The van der Waals surface area contributed by atoms with Crippen LogP contribution in [0.4, 0.5) is 5.69 Å². The first-order valence-corrected chi connectivity index (χ1v) is 19.6. The van der Waals surface area contributed by atoms with Crippen molar-refractivity contribution in [2.75, 3.05) is 7.11 Å². The number of nitrogens with zero attached hydrogens (tertiary/aromatic N) is 1. The molecule has 0 fully saturated rings. The molecule has 0 unspecified atom stereocenters. The maximum Gasteiger partial charge on any atom is 0.305 e. The quantitative estimate of drug-likeness (QED) is 0.0353. The SMILES string of the molecule is CCCCCCCCCCCCCCCCC(=O)O.COC(=O)CCCCCCCCCCCCCCC=Cc1cccc([N+](=O)[O-])c1. The smallest absolute Gasteiger partial charge is 0.305 e. The first-order valence-electron chi connectivity index (χ1n) is 19.6. The van der Waals surface area contributed by atoms with E-state index in [-0.39, 0.29) is 16.6 Å². The fourth-order valence-corrected chi connectivity index (χ4v) is 5.83. The van der Waals surface area contributed by atoms with Crippen LogP contribution in [0.5, 0.6) is 0 Å². The maximum absolute atomic E-state index is 11.0. The van der Waals surface area contributed by atoms with Crippen LogP contribution in [0.25, 0.3) is 6.08 Å². The monoisotopic (exact) mass is 674 g/mol. The molecule has 48 heavy (non-hydrogen) atoms. The van der Waals surface area contributed by atoms with Crippen LogP contribution in [0.3, 0.4) is 0 Å². The Hall–Kier alpha value is -2.70. The van der Waals surface area contributed by atoms with Gasteiger partial charge in [0.15, 0.2) is 0 Å². The zero-order chi connectivity index (χ0) is 35.3. The van der Waals surface area contributed by atoms with Gasteiger partial charge in [-0.1, -0.05) is 179 Å². The summed E-state index contributed by atoms with van der Waals surface area (Å²) in [4.78, 5) is 31.7. The summed E-state index contributed by atoms with van der Waals surface area (Å²) in [6.07, 6.45) is 39.3. The van der Waals surface area contributed by atoms with Crippen molar-refractivity contribution in [1.29, 1.82) is 0 Å². The number of carbonyl (C=O) groups excluding carboxylic acids is 1. The lowest BCUT2D eigenvalue weighted by Gasteiger charge is -2.03. The van der Waals surface area contributed by atoms with Crippen LogP contribution < -0.4 is 0 Å². The van der Waals surface area contributed by atoms with Gasteiger partial charge in [-0.15, -0.1) is 0 Å². The number of aliphatic carboxylic acids is 1. The minimum atomic E-state index is -0.654. The van der Waals surface area contributed by atoms with Crippen LogP contribution in [0.15, 0.2) is 30.3 Å². The minimum Gasteiger partial charge on any atom is -0.481 e. The van der Waals surface area contributed by atoms with Crippen LogP contribution in [-0.4, -0.2) is 29.1 Å². The van der Waals surface area contributed by atoms with Gasteiger partial charge < -0.3 is 9.84 Å². The highest BCUT2D eigenvalue weighted by Gasteiger charge is 2.03. The zero-order valence-electron chi connectivity index (χ0n) is 30.9. The van der Waals surface area contributed by atoms with Gasteiger partial charge in [0.1, 0.15) is 0 Å². The van der Waals surface area contributed by atoms with Crippen molar-refractivity contribution in [3.63, 3.8) is 0 Å². The number of methoxy groups -OCH3 is 1. The Morgan fingerprint density at radius 3 is 1.50 bits per heavy atom. The number of carboxylic acid groups (broad SMARTS) is 1. The van der Waals surface area contributed by atoms with E-state index >= 15 is 0 Å². The second-order valence-corrected chi connectivity index (χ2v) is 13.4. The molecular weight excluding hydrogens is 602 g/mol. The van der Waals surface area contributed by atoms with Crippen LogP contribution in [0.2, 0.25) is 0 Å². The molecular formula is C41H71NO6. The van der Waals surface area contributed by atoms with Gasteiger partial charge >= 0.3 is 11.9 Å². The van der Waals surface area contributed by atoms with E-state index in [1.165, 1.54) is 154 Å². The molecule has 0 bridgehead atoms. The lowest BCUT2D eigenvalue weighted by atomic mass is 10.0. The number of non-ortho nitro benzene ring substituents is 1. The first-order chi connectivity index (χ1) is 23.4. The average molecular weight is 674 g/mol. The summed E-state index contributed by atoms with van der Waals surface area (Å²) in [5, 5.41) is 19.3. The minimum absolute atomic E-state index is 0.0940. The molecule has 0 saturated carbocycles.